The molecule has 0 aliphatic carbocycles. The van der Waals surface area contributed by atoms with Crippen molar-refractivity contribution in [3.05, 3.63) is 53.5 Å². The summed E-state index contributed by atoms with van der Waals surface area (Å²) < 4.78 is 5.39. The number of primary amides is 1. The number of rotatable bonds is 5. The number of furan rings is 1. The maximum atomic E-state index is 10.7. The number of hydrogen-bond acceptors (Lipinski definition) is 3. The van der Waals surface area contributed by atoms with Crippen molar-refractivity contribution in [3.8, 4) is 0 Å². The van der Waals surface area contributed by atoms with Crippen LogP contribution in [0.4, 0.5) is 10.5 Å². The first-order valence-electron chi connectivity index (χ1n) is 6.49. The van der Waals surface area contributed by atoms with E-state index < -0.39 is 6.03 Å². The van der Waals surface area contributed by atoms with Gasteiger partial charge in [0.05, 0.1) is 12.8 Å². The lowest BCUT2D eigenvalue weighted by Gasteiger charge is -2.14. The molecule has 1 aromatic heterocycles. The Morgan fingerprint density at radius 2 is 2.00 bits per heavy atom. The van der Waals surface area contributed by atoms with Gasteiger partial charge in [0, 0.05) is 11.7 Å². The molecule has 0 bridgehead atoms. The lowest BCUT2D eigenvalue weighted by molar-refractivity contribution is 0.259. The van der Waals surface area contributed by atoms with Crippen molar-refractivity contribution >= 4 is 11.7 Å². The number of carbonyl (C=O) groups is 1. The molecular formula is C15H19N3O2. The number of aryl methyl sites for hydroxylation is 1. The lowest BCUT2D eigenvalue weighted by Crippen LogP contribution is -2.20. The standard InChI is InChI=1S/C15H19N3O2/c1-10-7-8-20-14(10)9-17-11(2)12-3-5-13(6-4-12)18-15(16)19/h3-8,11,17H,9H2,1-2H3,(H3,16,18,19). The van der Waals surface area contributed by atoms with Gasteiger partial charge >= 0.3 is 6.03 Å². The van der Waals surface area contributed by atoms with Gasteiger partial charge in [0.2, 0.25) is 0 Å². The van der Waals surface area contributed by atoms with Crippen molar-refractivity contribution in [2.24, 2.45) is 5.73 Å². The molecule has 0 saturated carbocycles. The maximum Gasteiger partial charge on any atom is 0.316 e. The minimum absolute atomic E-state index is 0.183. The third-order valence-electron chi connectivity index (χ3n) is 3.22. The number of nitrogens with two attached hydrogens (primary N) is 1. The topological polar surface area (TPSA) is 80.3 Å². The second-order valence-electron chi connectivity index (χ2n) is 4.74. The highest BCUT2D eigenvalue weighted by molar-refractivity contribution is 5.87. The summed E-state index contributed by atoms with van der Waals surface area (Å²) in [6, 6.07) is 9.15. The predicted octanol–water partition coefficient (Wildman–Crippen LogP) is 2.93. The van der Waals surface area contributed by atoms with Gasteiger partial charge in [-0.15, -0.1) is 0 Å². The zero-order valence-corrected chi connectivity index (χ0v) is 11.6. The van der Waals surface area contributed by atoms with E-state index in [1.165, 1.54) is 0 Å². The normalized spacial score (nSPS) is 12.1. The Bertz CT molecular complexity index is 575. The first-order valence-corrected chi connectivity index (χ1v) is 6.49. The van der Waals surface area contributed by atoms with Crippen LogP contribution in [-0.2, 0) is 6.54 Å². The Morgan fingerprint density at radius 3 is 2.55 bits per heavy atom. The molecule has 106 valence electrons. The van der Waals surface area contributed by atoms with Gasteiger partial charge in [0.15, 0.2) is 0 Å². The van der Waals surface area contributed by atoms with Gasteiger partial charge in [-0.1, -0.05) is 12.1 Å². The summed E-state index contributed by atoms with van der Waals surface area (Å²) >= 11 is 0. The summed E-state index contributed by atoms with van der Waals surface area (Å²) in [6.07, 6.45) is 1.70. The number of carbonyl (C=O) groups excluding carboxylic acids is 1. The monoisotopic (exact) mass is 273 g/mol. The quantitative estimate of drug-likeness (QED) is 0.783. The van der Waals surface area contributed by atoms with Gasteiger partial charge in [0.25, 0.3) is 0 Å². The van der Waals surface area contributed by atoms with Crippen LogP contribution in [0.25, 0.3) is 0 Å². The second-order valence-corrected chi connectivity index (χ2v) is 4.74. The van der Waals surface area contributed by atoms with E-state index in [2.05, 4.69) is 17.6 Å². The lowest BCUT2D eigenvalue weighted by atomic mass is 10.1. The number of amides is 2. The molecule has 2 amide bonds. The largest absolute Gasteiger partial charge is 0.468 e. The van der Waals surface area contributed by atoms with Gasteiger partial charge in [-0.25, -0.2) is 4.79 Å². The Labute approximate surface area is 118 Å². The predicted molar refractivity (Wildman–Crippen MR) is 78.3 cm³/mol. The number of urea groups is 1. The van der Waals surface area contributed by atoms with E-state index in [1.54, 1.807) is 6.26 Å². The van der Waals surface area contributed by atoms with E-state index >= 15 is 0 Å². The summed E-state index contributed by atoms with van der Waals surface area (Å²) in [5, 5.41) is 5.93. The van der Waals surface area contributed by atoms with Gasteiger partial charge in [0.1, 0.15) is 5.76 Å². The molecule has 5 nitrogen and oxygen atoms in total. The van der Waals surface area contributed by atoms with E-state index in [9.17, 15) is 4.79 Å². The van der Waals surface area contributed by atoms with Gasteiger partial charge in [-0.2, -0.15) is 0 Å². The molecule has 0 radical (unpaired) electrons. The summed E-state index contributed by atoms with van der Waals surface area (Å²) in [4.78, 5) is 10.7. The fourth-order valence-electron chi connectivity index (χ4n) is 1.95. The number of hydrogen-bond donors (Lipinski definition) is 3. The number of anilines is 1. The molecule has 1 unspecified atom stereocenters. The third kappa shape index (κ3) is 3.61. The van der Waals surface area contributed by atoms with Crippen molar-refractivity contribution in [1.82, 2.24) is 5.32 Å². The van der Waals surface area contributed by atoms with E-state index in [-0.39, 0.29) is 6.04 Å². The molecule has 0 spiro atoms. The third-order valence-corrected chi connectivity index (χ3v) is 3.22. The van der Waals surface area contributed by atoms with E-state index in [1.807, 2.05) is 37.3 Å². The van der Waals surface area contributed by atoms with Crippen LogP contribution < -0.4 is 16.4 Å². The second kappa shape index (κ2) is 6.25. The van der Waals surface area contributed by atoms with Crippen molar-refractivity contribution in [2.45, 2.75) is 26.4 Å². The molecule has 0 saturated heterocycles. The van der Waals surface area contributed by atoms with E-state index in [4.69, 9.17) is 10.2 Å². The van der Waals surface area contributed by atoms with Crippen LogP contribution in [0.3, 0.4) is 0 Å². The van der Waals surface area contributed by atoms with Crippen LogP contribution in [0.2, 0.25) is 0 Å². The fourth-order valence-corrected chi connectivity index (χ4v) is 1.95. The van der Waals surface area contributed by atoms with Crippen LogP contribution in [0.5, 0.6) is 0 Å². The first-order chi connectivity index (χ1) is 9.56. The van der Waals surface area contributed by atoms with E-state index in [0.717, 1.165) is 16.9 Å². The molecule has 1 aromatic carbocycles. The number of benzene rings is 1. The summed E-state index contributed by atoms with van der Waals surface area (Å²) in [5.74, 6) is 0.948. The smallest absolute Gasteiger partial charge is 0.316 e. The van der Waals surface area contributed by atoms with Crippen molar-refractivity contribution in [2.75, 3.05) is 5.32 Å². The van der Waals surface area contributed by atoms with Crippen LogP contribution in [0.1, 0.15) is 29.9 Å². The minimum atomic E-state index is -0.558. The Balaban J connectivity index is 1.93. The summed E-state index contributed by atoms with van der Waals surface area (Å²) in [5.41, 5.74) is 8.03. The van der Waals surface area contributed by atoms with Gasteiger partial charge < -0.3 is 20.8 Å². The highest BCUT2D eigenvalue weighted by Crippen LogP contribution is 2.17. The van der Waals surface area contributed by atoms with Gasteiger partial charge in [-0.3, -0.25) is 0 Å². The molecule has 1 heterocycles. The Morgan fingerprint density at radius 1 is 1.30 bits per heavy atom. The first kappa shape index (κ1) is 14.1. The molecule has 0 fully saturated rings. The zero-order chi connectivity index (χ0) is 14.5. The van der Waals surface area contributed by atoms with Crippen LogP contribution in [-0.4, -0.2) is 6.03 Å². The van der Waals surface area contributed by atoms with Crippen LogP contribution in [0.15, 0.2) is 41.0 Å². The molecule has 0 aliphatic heterocycles. The maximum absolute atomic E-state index is 10.7. The molecule has 5 heteroatoms. The van der Waals surface area contributed by atoms with Crippen LogP contribution >= 0.6 is 0 Å². The molecule has 1 atom stereocenters. The fraction of sp³-hybridized carbons (Fsp3) is 0.267. The number of nitrogens with one attached hydrogen (secondary N) is 2. The zero-order valence-electron chi connectivity index (χ0n) is 11.6. The van der Waals surface area contributed by atoms with Crippen molar-refractivity contribution < 1.29 is 9.21 Å². The molecule has 20 heavy (non-hydrogen) atoms. The average molecular weight is 273 g/mol. The average Bonchev–Trinajstić information content (AvgIpc) is 2.82. The minimum Gasteiger partial charge on any atom is -0.468 e. The Kier molecular flexibility index (Phi) is 4.42. The molecule has 4 N–H and O–H groups in total. The highest BCUT2D eigenvalue weighted by atomic mass is 16.3. The molecule has 2 aromatic rings. The van der Waals surface area contributed by atoms with Crippen molar-refractivity contribution in [3.63, 3.8) is 0 Å². The van der Waals surface area contributed by atoms with E-state index in [0.29, 0.717) is 12.2 Å². The Hall–Kier alpha value is -2.27. The molecular weight excluding hydrogens is 254 g/mol. The van der Waals surface area contributed by atoms with Gasteiger partial charge in [-0.05, 0) is 43.2 Å². The molecule has 2 rings (SSSR count). The SMILES string of the molecule is Cc1ccoc1CNC(C)c1ccc(NC(N)=O)cc1. The van der Waals surface area contributed by atoms with Crippen molar-refractivity contribution in [1.29, 1.82) is 0 Å². The highest BCUT2D eigenvalue weighted by Gasteiger charge is 2.07. The summed E-state index contributed by atoms with van der Waals surface area (Å²) in [6.45, 7) is 4.78. The molecule has 0 aliphatic rings. The van der Waals surface area contributed by atoms with Crippen LogP contribution in [0, 0.1) is 6.92 Å². The summed E-state index contributed by atoms with van der Waals surface area (Å²) in [7, 11) is 0.